The molecule has 1 aliphatic heterocycles. The number of aliphatic hydroxyl groups is 1. The van der Waals surface area contributed by atoms with Crippen LogP contribution in [0.1, 0.15) is 41.1 Å². The monoisotopic (exact) mass is 691 g/mol. The van der Waals surface area contributed by atoms with Crippen molar-refractivity contribution < 1.29 is 14.7 Å². The first-order valence-corrected chi connectivity index (χ1v) is 15.5. The van der Waals surface area contributed by atoms with Crippen molar-refractivity contribution in [2.75, 3.05) is 27.2 Å². The smallest absolute Gasteiger partial charge is 0.239 e. The minimum Gasteiger partial charge on any atom is -0.392 e. The van der Waals surface area contributed by atoms with Gasteiger partial charge in [0, 0.05) is 26.6 Å². The fourth-order valence-corrected chi connectivity index (χ4v) is 7.51. The molecule has 212 valence electrons. The molecule has 6 nitrogen and oxygen atoms in total. The number of aliphatic hydroxyl groups excluding tert-OH is 1. The molecule has 9 heteroatoms. The quantitative estimate of drug-likeness (QED) is 0.196. The molecule has 0 bridgehead atoms. The van der Waals surface area contributed by atoms with Gasteiger partial charge in [-0.1, -0.05) is 59.6 Å². The molecule has 1 heterocycles. The number of thioether (sulfide) groups is 1. The molecule has 2 N–H and O–H groups in total. The fraction of sp³-hybridized carbons (Fsp3) is 0.355. The molecule has 1 aliphatic rings. The molecule has 3 aromatic rings. The van der Waals surface area contributed by atoms with Crippen molar-refractivity contribution in [3.8, 4) is 0 Å². The Labute approximate surface area is 259 Å². The van der Waals surface area contributed by atoms with Gasteiger partial charge in [0.1, 0.15) is 4.75 Å². The van der Waals surface area contributed by atoms with Gasteiger partial charge in [-0.3, -0.25) is 9.59 Å². The van der Waals surface area contributed by atoms with E-state index in [2.05, 4.69) is 32.8 Å². The van der Waals surface area contributed by atoms with Gasteiger partial charge in [-0.2, -0.15) is 0 Å². The maximum Gasteiger partial charge on any atom is 0.239 e. The lowest BCUT2D eigenvalue weighted by Gasteiger charge is -2.37. The van der Waals surface area contributed by atoms with E-state index in [0.29, 0.717) is 11.6 Å². The number of carbonyl (C=O) groups excluding carboxylic acids is 2. The zero-order valence-corrected chi connectivity index (χ0v) is 26.7. The predicted molar refractivity (Wildman–Crippen MR) is 170 cm³/mol. The summed E-state index contributed by atoms with van der Waals surface area (Å²) in [5.41, 5.74) is 3.60. The summed E-state index contributed by atoms with van der Waals surface area (Å²) in [7, 11) is 4.01. The highest BCUT2D eigenvalue weighted by Crippen LogP contribution is 2.54. The van der Waals surface area contributed by atoms with E-state index in [-0.39, 0.29) is 31.4 Å². The maximum atomic E-state index is 14.3. The predicted octanol–water partition coefficient (Wildman–Crippen LogP) is 5.82. The Hall–Kier alpha value is -2.11. The Bertz CT molecular complexity index is 1350. The second kappa shape index (κ2) is 13.7. The molecular weight excluding hydrogens is 657 g/mol. The lowest BCUT2D eigenvalue weighted by Crippen LogP contribution is -2.49. The van der Waals surface area contributed by atoms with E-state index in [1.54, 1.807) is 4.90 Å². The molecule has 2 amide bonds. The van der Waals surface area contributed by atoms with Gasteiger partial charge in [0.05, 0.1) is 19.1 Å². The van der Waals surface area contributed by atoms with Gasteiger partial charge < -0.3 is 20.2 Å². The Balaban J connectivity index is 1.83. The average Bonchev–Trinajstić information content (AvgIpc) is 3.20. The summed E-state index contributed by atoms with van der Waals surface area (Å²) in [5, 5.41) is 13.5. The largest absolute Gasteiger partial charge is 0.392 e. The highest BCUT2D eigenvalue weighted by Gasteiger charge is 2.58. The van der Waals surface area contributed by atoms with Gasteiger partial charge in [-0.25, -0.2) is 0 Å². The van der Waals surface area contributed by atoms with E-state index in [4.69, 9.17) is 11.6 Å². The number of likely N-dealkylation sites (tertiary alicyclic amines) is 1. The van der Waals surface area contributed by atoms with Crippen LogP contribution in [0, 0.1) is 10.5 Å². The van der Waals surface area contributed by atoms with Crippen LogP contribution in [0.2, 0.25) is 5.02 Å². The minimum absolute atomic E-state index is 0.0536. The second-order valence-electron chi connectivity index (χ2n) is 10.4. The summed E-state index contributed by atoms with van der Waals surface area (Å²) >= 11 is 10.3. The number of hydrogen-bond donors (Lipinski definition) is 2. The highest BCUT2D eigenvalue weighted by atomic mass is 127. The van der Waals surface area contributed by atoms with Crippen molar-refractivity contribution in [3.05, 3.63) is 97.6 Å². The third kappa shape index (κ3) is 7.02. The van der Waals surface area contributed by atoms with E-state index in [0.717, 1.165) is 43.7 Å². The van der Waals surface area contributed by atoms with Crippen molar-refractivity contribution in [2.45, 2.75) is 48.6 Å². The topological polar surface area (TPSA) is 72.9 Å². The van der Waals surface area contributed by atoms with Crippen LogP contribution in [0.15, 0.2) is 71.6 Å². The molecule has 4 rings (SSSR count). The van der Waals surface area contributed by atoms with Crippen LogP contribution in [0.4, 0.5) is 0 Å². The van der Waals surface area contributed by atoms with E-state index < -0.39 is 10.8 Å². The normalized spacial score (nSPS) is 18.9. The van der Waals surface area contributed by atoms with Crippen molar-refractivity contribution in [3.63, 3.8) is 0 Å². The van der Waals surface area contributed by atoms with Gasteiger partial charge in [0.25, 0.3) is 0 Å². The molecule has 0 aliphatic carbocycles. The summed E-state index contributed by atoms with van der Waals surface area (Å²) in [5.74, 6) is -0.256. The molecule has 1 saturated heterocycles. The van der Waals surface area contributed by atoms with E-state index in [9.17, 15) is 14.7 Å². The Morgan fingerprint density at radius 1 is 1.18 bits per heavy atom. The number of nitrogens with one attached hydrogen (secondary N) is 1. The Morgan fingerprint density at radius 2 is 1.90 bits per heavy atom. The summed E-state index contributed by atoms with van der Waals surface area (Å²) in [6.45, 7) is 3.59. The van der Waals surface area contributed by atoms with Crippen molar-refractivity contribution in [1.29, 1.82) is 0 Å². The Kier molecular flexibility index (Phi) is 10.6. The Morgan fingerprint density at radius 3 is 2.55 bits per heavy atom. The van der Waals surface area contributed by atoms with Gasteiger partial charge in [-0.15, -0.1) is 11.8 Å². The summed E-state index contributed by atoms with van der Waals surface area (Å²) < 4.78 is -0.228. The standard InChI is InChI=1S/C31H35ClIN3O3S/c1-21-9-12-24(13-10-21)40-31(30(39)34-15-6-16-35(2)3)18-28(38)36(19-23-7-4-5-8-26(23)32)29(31)25-14-11-22(20-37)17-27(25)33/h4-5,7-14,17,29,37H,6,15-16,18-20H2,1-3H3,(H,34,39)/t29-,31-/m1/s1. The third-order valence-corrected chi connectivity index (χ3v) is 9.83. The van der Waals surface area contributed by atoms with Gasteiger partial charge in [0.2, 0.25) is 11.8 Å². The zero-order chi connectivity index (χ0) is 28.9. The molecule has 0 radical (unpaired) electrons. The fourth-order valence-electron chi connectivity index (χ4n) is 5.02. The second-order valence-corrected chi connectivity index (χ2v) is 13.4. The molecule has 0 unspecified atom stereocenters. The lowest BCUT2D eigenvalue weighted by atomic mass is 9.90. The highest BCUT2D eigenvalue weighted by molar-refractivity contribution is 14.1. The van der Waals surface area contributed by atoms with E-state index in [1.807, 2.05) is 87.7 Å². The molecule has 3 aromatic carbocycles. The first-order chi connectivity index (χ1) is 19.1. The van der Waals surface area contributed by atoms with Crippen LogP contribution in [0.25, 0.3) is 0 Å². The van der Waals surface area contributed by atoms with Gasteiger partial charge in [0.15, 0.2) is 0 Å². The molecule has 2 atom stereocenters. The molecule has 0 spiro atoms. The number of amides is 2. The molecule has 0 saturated carbocycles. The number of rotatable bonds is 11. The third-order valence-electron chi connectivity index (χ3n) is 7.10. The van der Waals surface area contributed by atoms with Crippen LogP contribution in [-0.4, -0.2) is 58.7 Å². The SMILES string of the molecule is Cc1ccc(S[C@]2(C(=O)NCCCN(C)C)CC(=O)N(Cc3ccccc3Cl)[C@@H]2c2ccc(CO)cc2I)cc1. The number of carbonyl (C=O) groups is 2. The summed E-state index contributed by atoms with van der Waals surface area (Å²) in [6.07, 6.45) is 0.854. The molecule has 1 fully saturated rings. The molecule has 40 heavy (non-hydrogen) atoms. The van der Waals surface area contributed by atoms with E-state index in [1.165, 1.54) is 11.8 Å². The van der Waals surface area contributed by atoms with Crippen LogP contribution in [0.5, 0.6) is 0 Å². The van der Waals surface area contributed by atoms with Gasteiger partial charge in [-0.05, 0) is 97.5 Å². The first-order valence-electron chi connectivity index (χ1n) is 13.3. The summed E-state index contributed by atoms with van der Waals surface area (Å²) in [6, 6.07) is 20.8. The minimum atomic E-state index is -1.12. The zero-order valence-electron chi connectivity index (χ0n) is 23.0. The van der Waals surface area contributed by atoms with Crippen molar-refractivity contribution in [2.24, 2.45) is 0 Å². The van der Waals surface area contributed by atoms with Crippen molar-refractivity contribution in [1.82, 2.24) is 15.1 Å². The number of aryl methyl sites for hydroxylation is 1. The van der Waals surface area contributed by atoms with Gasteiger partial charge >= 0.3 is 0 Å². The molecular formula is C31H35ClIN3O3S. The molecule has 0 aromatic heterocycles. The maximum absolute atomic E-state index is 14.3. The summed E-state index contributed by atoms with van der Waals surface area (Å²) in [4.78, 5) is 33.1. The first kappa shape index (κ1) is 30.8. The number of benzene rings is 3. The van der Waals surface area contributed by atoms with Crippen LogP contribution in [-0.2, 0) is 22.7 Å². The van der Waals surface area contributed by atoms with Crippen LogP contribution >= 0.6 is 46.0 Å². The van der Waals surface area contributed by atoms with E-state index >= 15 is 0 Å². The lowest BCUT2D eigenvalue weighted by molar-refractivity contribution is -0.129. The average molecular weight is 692 g/mol. The number of hydrogen-bond acceptors (Lipinski definition) is 5. The van der Waals surface area contributed by atoms with Crippen LogP contribution < -0.4 is 5.32 Å². The number of nitrogens with zero attached hydrogens (tertiary/aromatic N) is 2. The van der Waals surface area contributed by atoms with Crippen molar-refractivity contribution >= 4 is 57.8 Å². The van der Waals surface area contributed by atoms with Crippen LogP contribution in [0.3, 0.4) is 0 Å². The number of halogens is 2.